The Labute approximate surface area is 171 Å². The number of fused-ring (bicyclic) bond motifs is 1. The van der Waals surface area contributed by atoms with Gasteiger partial charge < -0.3 is 4.42 Å². The Kier molecular flexibility index (Phi) is 5.28. The molecule has 0 fully saturated rings. The molecule has 0 N–H and O–H groups in total. The number of amides is 1. The Balaban J connectivity index is 1.70. The predicted octanol–water partition coefficient (Wildman–Crippen LogP) is 6.10. The zero-order chi connectivity index (χ0) is 19.5. The van der Waals surface area contributed by atoms with Crippen LogP contribution in [-0.4, -0.2) is 10.9 Å². The molecule has 2 heterocycles. The van der Waals surface area contributed by atoms with Gasteiger partial charge >= 0.3 is 0 Å². The van der Waals surface area contributed by atoms with Crippen LogP contribution in [0.1, 0.15) is 16.9 Å². The van der Waals surface area contributed by atoms with Gasteiger partial charge in [0.2, 0.25) is 0 Å². The molecule has 4 rings (SSSR count). The normalized spacial score (nSPS) is 11.4. The van der Waals surface area contributed by atoms with E-state index in [-0.39, 0.29) is 5.91 Å². The Morgan fingerprint density at radius 1 is 1.18 bits per heavy atom. The van der Waals surface area contributed by atoms with E-state index in [9.17, 15) is 4.79 Å². The molecule has 0 saturated heterocycles. The van der Waals surface area contributed by atoms with E-state index in [0.717, 1.165) is 21.3 Å². The Bertz CT molecular complexity index is 1130. The van der Waals surface area contributed by atoms with Crippen molar-refractivity contribution in [1.82, 2.24) is 4.98 Å². The summed E-state index contributed by atoms with van der Waals surface area (Å²) in [6.45, 7) is 2.24. The molecule has 4 nitrogen and oxygen atoms in total. The molecule has 0 spiro atoms. The van der Waals surface area contributed by atoms with Crippen molar-refractivity contribution in [3.05, 3.63) is 88.8 Å². The second kappa shape index (κ2) is 8.00. The third-order valence-electron chi connectivity index (χ3n) is 4.35. The third-order valence-corrected chi connectivity index (χ3v) is 5.80. The van der Waals surface area contributed by atoms with Crippen LogP contribution >= 0.6 is 22.9 Å². The summed E-state index contributed by atoms with van der Waals surface area (Å²) in [7, 11) is 0. The summed E-state index contributed by atoms with van der Waals surface area (Å²) >= 11 is 7.69. The van der Waals surface area contributed by atoms with Gasteiger partial charge in [-0.1, -0.05) is 53.3 Å². The van der Waals surface area contributed by atoms with Gasteiger partial charge in [-0.05, 0) is 48.4 Å². The fourth-order valence-corrected chi connectivity index (χ4v) is 4.01. The molecule has 6 heteroatoms. The number of carbonyl (C=O) groups is 1. The smallest absolute Gasteiger partial charge is 0.253 e. The maximum Gasteiger partial charge on any atom is 0.253 e. The lowest BCUT2D eigenvalue weighted by atomic mass is 10.2. The number of aromatic nitrogens is 1. The second-order valence-electron chi connectivity index (χ2n) is 6.26. The fraction of sp³-hybridized carbons (Fsp3) is 0.0909. The summed E-state index contributed by atoms with van der Waals surface area (Å²) < 4.78 is 6.44. The van der Waals surface area contributed by atoms with Gasteiger partial charge in [0.05, 0.1) is 23.0 Å². The molecule has 0 saturated carbocycles. The summed E-state index contributed by atoms with van der Waals surface area (Å²) in [4.78, 5) is 19.3. The van der Waals surface area contributed by atoms with Crippen molar-refractivity contribution in [2.75, 3.05) is 4.90 Å². The monoisotopic (exact) mass is 408 g/mol. The Morgan fingerprint density at radius 2 is 2.00 bits per heavy atom. The average molecular weight is 409 g/mol. The number of furan rings is 1. The van der Waals surface area contributed by atoms with Gasteiger partial charge in [-0.15, -0.1) is 0 Å². The largest absolute Gasteiger partial charge is 0.467 e. The quantitative estimate of drug-likeness (QED) is 0.375. The van der Waals surface area contributed by atoms with Crippen LogP contribution in [0.5, 0.6) is 0 Å². The summed E-state index contributed by atoms with van der Waals surface area (Å²) in [6.07, 6.45) is 4.96. The zero-order valence-electron chi connectivity index (χ0n) is 15.1. The number of thiazole rings is 1. The first-order valence-electron chi connectivity index (χ1n) is 8.74. The first-order valence-corrected chi connectivity index (χ1v) is 9.94. The molecule has 0 aliphatic carbocycles. The molecular weight excluding hydrogens is 392 g/mol. The Hall–Kier alpha value is -2.89. The van der Waals surface area contributed by atoms with Crippen molar-refractivity contribution in [2.45, 2.75) is 13.5 Å². The first-order chi connectivity index (χ1) is 13.6. The van der Waals surface area contributed by atoms with Crippen molar-refractivity contribution in [3.63, 3.8) is 0 Å². The van der Waals surface area contributed by atoms with Crippen LogP contribution in [0, 0.1) is 6.92 Å². The molecule has 2 aromatic carbocycles. The number of rotatable bonds is 5. The van der Waals surface area contributed by atoms with Gasteiger partial charge in [0, 0.05) is 11.1 Å². The van der Waals surface area contributed by atoms with Gasteiger partial charge in [0.1, 0.15) is 5.76 Å². The summed E-state index contributed by atoms with van der Waals surface area (Å²) in [5, 5.41) is 1.27. The van der Waals surface area contributed by atoms with Crippen LogP contribution in [0.4, 0.5) is 5.13 Å². The standard InChI is InChI=1S/C22H17ClN2O2S/c1-15-18(23)10-11-19-21(15)24-22(28-19)25(14-17-8-5-13-27-17)20(26)12-9-16-6-3-2-4-7-16/h2-13H,14H2,1H3/b12-9+. The van der Waals surface area contributed by atoms with Crippen LogP contribution in [0.3, 0.4) is 0 Å². The highest BCUT2D eigenvalue weighted by molar-refractivity contribution is 7.22. The van der Waals surface area contributed by atoms with E-state index in [1.54, 1.807) is 29.4 Å². The van der Waals surface area contributed by atoms with Crippen LogP contribution < -0.4 is 4.90 Å². The molecule has 2 aromatic heterocycles. The highest BCUT2D eigenvalue weighted by Crippen LogP contribution is 2.34. The molecule has 0 unspecified atom stereocenters. The number of anilines is 1. The molecule has 0 radical (unpaired) electrons. The van der Waals surface area contributed by atoms with E-state index in [2.05, 4.69) is 0 Å². The molecule has 4 aromatic rings. The van der Waals surface area contributed by atoms with Gasteiger partial charge in [-0.3, -0.25) is 9.69 Å². The lowest BCUT2D eigenvalue weighted by Crippen LogP contribution is -2.28. The van der Waals surface area contributed by atoms with Gasteiger partial charge in [0.25, 0.3) is 5.91 Å². The van der Waals surface area contributed by atoms with E-state index in [1.807, 2.05) is 55.5 Å². The molecule has 0 atom stereocenters. The molecule has 0 bridgehead atoms. The van der Waals surface area contributed by atoms with Crippen LogP contribution in [0.2, 0.25) is 5.02 Å². The van der Waals surface area contributed by atoms with E-state index >= 15 is 0 Å². The SMILES string of the molecule is Cc1c(Cl)ccc2sc(N(Cc3ccco3)C(=O)/C=C/c3ccccc3)nc12. The number of hydrogen-bond acceptors (Lipinski definition) is 4. The number of carbonyl (C=O) groups excluding carboxylic acids is 1. The minimum Gasteiger partial charge on any atom is -0.467 e. The number of benzene rings is 2. The minimum atomic E-state index is -0.164. The van der Waals surface area contributed by atoms with Crippen LogP contribution in [0.15, 0.2) is 71.4 Å². The average Bonchev–Trinajstić information content (AvgIpc) is 3.38. The van der Waals surface area contributed by atoms with Crippen molar-refractivity contribution in [2.24, 2.45) is 0 Å². The molecule has 1 amide bonds. The Morgan fingerprint density at radius 3 is 2.75 bits per heavy atom. The lowest BCUT2D eigenvalue weighted by Gasteiger charge is -2.16. The number of halogens is 1. The van der Waals surface area contributed by atoms with Crippen LogP contribution in [0.25, 0.3) is 16.3 Å². The maximum atomic E-state index is 13.0. The zero-order valence-corrected chi connectivity index (χ0v) is 16.7. The topological polar surface area (TPSA) is 46.3 Å². The van der Waals surface area contributed by atoms with Crippen molar-refractivity contribution >= 4 is 50.3 Å². The molecule has 0 aliphatic heterocycles. The summed E-state index contributed by atoms with van der Waals surface area (Å²) in [5.41, 5.74) is 2.68. The second-order valence-corrected chi connectivity index (χ2v) is 7.68. The molecular formula is C22H17ClN2O2S. The lowest BCUT2D eigenvalue weighted by molar-refractivity contribution is -0.114. The fourth-order valence-electron chi connectivity index (χ4n) is 2.82. The van der Waals surface area contributed by atoms with E-state index in [0.29, 0.717) is 22.5 Å². The summed E-state index contributed by atoms with van der Waals surface area (Å²) in [6, 6.07) is 17.1. The molecule has 140 valence electrons. The number of hydrogen-bond donors (Lipinski definition) is 0. The van der Waals surface area contributed by atoms with Gasteiger partial charge in [0.15, 0.2) is 5.13 Å². The van der Waals surface area contributed by atoms with Crippen molar-refractivity contribution in [1.29, 1.82) is 0 Å². The molecule has 0 aliphatic rings. The van der Waals surface area contributed by atoms with E-state index in [4.69, 9.17) is 21.0 Å². The maximum absolute atomic E-state index is 13.0. The molecule has 28 heavy (non-hydrogen) atoms. The summed E-state index contributed by atoms with van der Waals surface area (Å²) in [5.74, 6) is 0.526. The van der Waals surface area contributed by atoms with E-state index in [1.165, 1.54) is 11.3 Å². The predicted molar refractivity (Wildman–Crippen MR) is 115 cm³/mol. The van der Waals surface area contributed by atoms with Crippen molar-refractivity contribution < 1.29 is 9.21 Å². The number of nitrogens with zero attached hydrogens (tertiary/aromatic N) is 2. The van der Waals surface area contributed by atoms with Gasteiger partial charge in [-0.2, -0.15) is 0 Å². The van der Waals surface area contributed by atoms with Crippen LogP contribution in [-0.2, 0) is 11.3 Å². The number of aryl methyl sites for hydroxylation is 1. The van der Waals surface area contributed by atoms with Crippen molar-refractivity contribution in [3.8, 4) is 0 Å². The first kappa shape index (κ1) is 18.5. The minimum absolute atomic E-state index is 0.164. The third kappa shape index (κ3) is 3.86. The van der Waals surface area contributed by atoms with E-state index < -0.39 is 0 Å². The highest BCUT2D eigenvalue weighted by Gasteiger charge is 2.20. The highest BCUT2D eigenvalue weighted by atomic mass is 35.5. The van der Waals surface area contributed by atoms with Gasteiger partial charge in [-0.25, -0.2) is 4.98 Å².